The summed E-state index contributed by atoms with van der Waals surface area (Å²) in [6, 6.07) is 9.17. The molecule has 0 unspecified atom stereocenters. The summed E-state index contributed by atoms with van der Waals surface area (Å²) in [5.41, 5.74) is 0.149. The number of halogens is 2. The van der Waals surface area contributed by atoms with E-state index in [2.05, 4.69) is 10.6 Å². The third kappa shape index (κ3) is 4.87. The van der Waals surface area contributed by atoms with Gasteiger partial charge < -0.3 is 15.7 Å². The van der Waals surface area contributed by atoms with E-state index in [-0.39, 0.29) is 23.0 Å². The molecule has 3 rings (SSSR count). The highest BCUT2D eigenvalue weighted by atomic mass is 19.1. The van der Waals surface area contributed by atoms with E-state index in [9.17, 15) is 14.3 Å². The zero-order chi connectivity index (χ0) is 21.7. The summed E-state index contributed by atoms with van der Waals surface area (Å²) in [6.07, 6.45) is 2.56. The van der Waals surface area contributed by atoms with Crippen LogP contribution in [0.2, 0.25) is 0 Å². The average molecular weight is 417 g/mol. The van der Waals surface area contributed by atoms with Gasteiger partial charge >= 0.3 is 0 Å². The second-order valence-corrected chi connectivity index (χ2v) is 8.20. The van der Waals surface area contributed by atoms with E-state index in [4.69, 9.17) is 0 Å². The normalized spacial score (nSPS) is 18.6. The van der Waals surface area contributed by atoms with Crippen LogP contribution in [0.5, 0.6) is 0 Å². The zero-order valence-electron chi connectivity index (χ0n) is 17.6. The first-order chi connectivity index (χ1) is 14.3. The maximum atomic E-state index is 15.1. The van der Waals surface area contributed by atoms with Crippen molar-refractivity contribution >= 4 is 5.91 Å². The highest BCUT2D eigenvalue weighted by molar-refractivity contribution is 5.72. The van der Waals surface area contributed by atoms with E-state index in [0.717, 1.165) is 24.9 Å². The fraction of sp³-hybridized carbons (Fsp3) is 0.458. The fourth-order valence-corrected chi connectivity index (χ4v) is 4.43. The molecule has 0 aromatic heterocycles. The number of aliphatic hydroxyl groups is 1. The van der Waals surface area contributed by atoms with Crippen LogP contribution in [0.25, 0.3) is 11.1 Å². The summed E-state index contributed by atoms with van der Waals surface area (Å²) >= 11 is 0. The van der Waals surface area contributed by atoms with Crippen LogP contribution in [-0.4, -0.2) is 30.6 Å². The van der Waals surface area contributed by atoms with Crippen molar-refractivity contribution in [1.29, 1.82) is 0 Å². The molecular weight excluding hydrogens is 386 g/mol. The Hall–Kier alpha value is -2.31. The maximum absolute atomic E-state index is 15.1. The van der Waals surface area contributed by atoms with Gasteiger partial charge in [0.25, 0.3) is 0 Å². The molecule has 162 valence electrons. The van der Waals surface area contributed by atoms with Crippen molar-refractivity contribution in [3.8, 4) is 11.1 Å². The van der Waals surface area contributed by atoms with E-state index in [1.54, 1.807) is 24.3 Å². The van der Waals surface area contributed by atoms with Crippen LogP contribution in [0.4, 0.5) is 8.78 Å². The van der Waals surface area contributed by atoms with E-state index >= 15 is 4.39 Å². The highest BCUT2D eigenvalue weighted by Crippen LogP contribution is 2.43. The molecule has 1 amide bonds. The van der Waals surface area contributed by atoms with Gasteiger partial charge in [0.2, 0.25) is 5.91 Å². The van der Waals surface area contributed by atoms with Crippen LogP contribution < -0.4 is 10.6 Å². The van der Waals surface area contributed by atoms with Gasteiger partial charge in [0.15, 0.2) is 0 Å². The summed E-state index contributed by atoms with van der Waals surface area (Å²) in [5.74, 6) is -1.35. The van der Waals surface area contributed by atoms with Gasteiger partial charge in [-0.1, -0.05) is 23.8 Å². The molecule has 2 atom stereocenters. The van der Waals surface area contributed by atoms with E-state index in [1.807, 2.05) is 6.92 Å². The van der Waals surface area contributed by atoms with Gasteiger partial charge in [-0.05, 0) is 62.9 Å². The fourth-order valence-electron chi connectivity index (χ4n) is 4.43. The topological polar surface area (TPSA) is 61.4 Å². The molecule has 2 aromatic carbocycles. The summed E-state index contributed by atoms with van der Waals surface area (Å²) in [4.78, 5) is 11.2. The van der Waals surface area contributed by atoms with Crippen molar-refractivity contribution in [1.82, 2.24) is 10.6 Å². The van der Waals surface area contributed by atoms with Gasteiger partial charge in [0.1, 0.15) is 11.6 Å². The number of amides is 1. The number of aryl methyl sites for hydroxylation is 1. The molecule has 0 aliphatic carbocycles. The summed E-state index contributed by atoms with van der Waals surface area (Å²) in [5, 5.41) is 18.0. The van der Waals surface area contributed by atoms with Gasteiger partial charge in [0, 0.05) is 37.1 Å². The predicted octanol–water partition coefficient (Wildman–Crippen LogP) is 4.04. The summed E-state index contributed by atoms with van der Waals surface area (Å²) in [7, 11) is 0. The Bertz CT molecular complexity index is 897. The lowest BCUT2D eigenvalue weighted by atomic mass is 9.72. The number of nitrogens with one attached hydrogen (secondary N) is 2. The van der Waals surface area contributed by atoms with Gasteiger partial charge in [-0.3, -0.25) is 4.79 Å². The molecule has 3 N–H and O–H groups in total. The number of carbonyl (C=O) groups excluding carboxylic acids is 1. The van der Waals surface area contributed by atoms with Gasteiger partial charge in [-0.2, -0.15) is 0 Å². The predicted molar refractivity (Wildman–Crippen MR) is 114 cm³/mol. The molecule has 30 heavy (non-hydrogen) atoms. The SMILES string of the molecule is CC(=O)NCCC[C@@](O)(c1cccc(F)c1-c1cc(C)ccc1F)[C@@H]1CCCNC1. The molecule has 0 spiro atoms. The Morgan fingerprint density at radius 1 is 1.27 bits per heavy atom. The minimum Gasteiger partial charge on any atom is -0.385 e. The second kappa shape index (κ2) is 9.67. The van der Waals surface area contributed by atoms with Gasteiger partial charge in [-0.25, -0.2) is 8.78 Å². The summed E-state index contributed by atoms with van der Waals surface area (Å²) in [6.45, 7) is 5.17. The quantitative estimate of drug-likeness (QED) is 0.597. The molecule has 2 aromatic rings. The van der Waals surface area contributed by atoms with Crippen molar-refractivity contribution < 1.29 is 18.7 Å². The Morgan fingerprint density at radius 2 is 2.07 bits per heavy atom. The van der Waals surface area contributed by atoms with Crippen molar-refractivity contribution in [3.63, 3.8) is 0 Å². The number of hydrogen-bond donors (Lipinski definition) is 3. The maximum Gasteiger partial charge on any atom is 0.216 e. The van der Waals surface area contributed by atoms with Crippen LogP contribution >= 0.6 is 0 Å². The molecule has 1 heterocycles. The average Bonchev–Trinajstić information content (AvgIpc) is 2.73. The Balaban J connectivity index is 2.07. The van der Waals surface area contributed by atoms with Crippen LogP contribution in [-0.2, 0) is 10.4 Å². The molecule has 1 fully saturated rings. The third-order valence-electron chi connectivity index (χ3n) is 5.95. The summed E-state index contributed by atoms with van der Waals surface area (Å²) < 4.78 is 29.8. The Morgan fingerprint density at radius 3 is 2.77 bits per heavy atom. The number of hydrogen-bond acceptors (Lipinski definition) is 3. The standard InChI is InChI=1S/C24H30F2N2O2/c1-16-9-10-21(25)19(14-16)23-20(7-3-8-22(23)26)24(30,11-5-13-28-17(2)29)18-6-4-12-27-15-18/h3,7-10,14,18,27,30H,4-6,11-13,15H2,1-2H3,(H,28,29)/t18-,24+/m1/s1. The first kappa shape index (κ1) is 22.4. The lowest BCUT2D eigenvalue weighted by molar-refractivity contribution is -0.119. The Kier molecular flexibility index (Phi) is 7.21. The molecule has 1 aliphatic heterocycles. The monoisotopic (exact) mass is 416 g/mol. The molecular formula is C24H30F2N2O2. The number of carbonyl (C=O) groups is 1. The zero-order valence-corrected chi connectivity index (χ0v) is 17.6. The van der Waals surface area contributed by atoms with Crippen molar-refractivity contribution in [2.45, 2.75) is 45.1 Å². The third-order valence-corrected chi connectivity index (χ3v) is 5.95. The van der Waals surface area contributed by atoms with Crippen LogP contribution in [0, 0.1) is 24.5 Å². The van der Waals surface area contributed by atoms with E-state index < -0.39 is 17.2 Å². The van der Waals surface area contributed by atoms with Crippen molar-refractivity contribution in [2.75, 3.05) is 19.6 Å². The molecule has 1 saturated heterocycles. The van der Waals surface area contributed by atoms with Crippen LogP contribution in [0.15, 0.2) is 36.4 Å². The van der Waals surface area contributed by atoms with Crippen molar-refractivity contribution in [3.05, 3.63) is 59.2 Å². The molecule has 0 bridgehead atoms. The van der Waals surface area contributed by atoms with Crippen LogP contribution in [0.1, 0.15) is 43.7 Å². The number of piperidine rings is 1. The number of benzene rings is 2. The van der Waals surface area contributed by atoms with Crippen molar-refractivity contribution in [2.24, 2.45) is 5.92 Å². The Labute approximate surface area is 176 Å². The lowest BCUT2D eigenvalue weighted by Crippen LogP contribution is -2.45. The smallest absolute Gasteiger partial charge is 0.216 e. The second-order valence-electron chi connectivity index (χ2n) is 8.20. The van der Waals surface area contributed by atoms with E-state index in [1.165, 1.54) is 19.1 Å². The minimum atomic E-state index is -1.35. The molecule has 0 saturated carbocycles. The largest absolute Gasteiger partial charge is 0.385 e. The highest BCUT2D eigenvalue weighted by Gasteiger charge is 2.41. The molecule has 1 aliphatic rings. The molecule has 6 heteroatoms. The van der Waals surface area contributed by atoms with Gasteiger partial charge in [-0.15, -0.1) is 0 Å². The molecule has 4 nitrogen and oxygen atoms in total. The lowest BCUT2D eigenvalue weighted by Gasteiger charge is -2.40. The van der Waals surface area contributed by atoms with Crippen LogP contribution in [0.3, 0.4) is 0 Å². The van der Waals surface area contributed by atoms with E-state index in [0.29, 0.717) is 31.5 Å². The first-order valence-corrected chi connectivity index (χ1v) is 10.6. The minimum absolute atomic E-state index is 0.117. The first-order valence-electron chi connectivity index (χ1n) is 10.6. The molecule has 0 radical (unpaired) electrons. The van der Waals surface area contributed by atoms with Gasteiger partial charge in [0.05, 0.1) is 5.60 Å². The number of rotatable bonds is 7.